The SMILES string of the molecule is CC1CN(C(=O)Nc2ccc(F)cc2F)CCC1O. The molecule has 2 atom stereocenters. The molecular formula is C13H16F2N2O2. The summed E-state index contributed by atoms with van der Waals surface area (Å²) >= 11 is 0. The van der Waals surface area contributed by atoms with Crippen LogP contribution in [0.25, 0.3) is 0 Å². The van der Waals surface area contributed by atoms with Gasteiger partial charge in [-0.25, -0.2) is 13.6 Å². The van der Waals surface area contributed by atoms with E-state index in [0.29, 0.717) is 19.5 Å². The maximum atomic E-state index is 13.4. The summed E-state index contributed by atoms with van der Waals surface area (Å²) in [6.07, 6.45) is 0.0899. The minimum absolute atomic E-state index is 0.0161. The Kier molecular flexibility index (Phi) is 3.99. The summed E-state index contributed by atoms with van der Waals surface area (Å²) in [5.74, 6) is -1.51. The smallest absolute Gasteiger partial charge is 0.321 e. The van der Waals surface area contributed by atoms with Gasteiger partial charge in [-0.15, -0.1) is 0 Å². The summed E-state index contributed by atoms with van der Waals surface area (Å²) in [7, 11) is 0. The molecular weight excluding hydrogens is 254 g/mol. The molecule has 1 aliphatic heterocycles. The number of hydrogen-bond donors (Lipinski definition) is 2. The van der Waals surface area contributed by atoms with Crippen LogP contribution in [0.15, 0.2) is 18.2 Å². The summed E-state index contributed by atoms with van der Waals surface area (Å²) in [6, 6.07) is 2.55. The number of halogens is 2. The number of likely N-dealkylation sites (tertiary alicyclic amines) is 1. The molecule has 1 heterocycles. The quantitative estimate of drug-likeness (QED) is 0.822. The summed E-state index contributed by atoms with van der Waals surface area (Å²) in [4.78, 5) is 13.4. The van der Waals surface area contributed by atoms with Crippen molar-refractivity contribution in [3.63, 3.8) is 0 Å². The molecule has 0 spiro atoms. The van der Waals surface area contributed by atoms with Crippen molar-refractivity contribution in [2.45, 2.75) is 19.4 Å². The highest BCUT2D eigenvalue weighted by Crippen LogP contribution is 2.19. The molecule has 1 fully saturated rings. The van der Waals surface area contributed by atoms with E-state index in [0.717, 1.165) is 12.1 Å². The van der Waals surface area contributed by atoms with Crippen molar-refractivity contribution >= 4 is 11.7 Å². The number of amides is 2. The van der Waals surface area contributed by atoms with Crippen LogP contribution in [-0.2, 0) is 0 Å². The molecule has 2 N–H and O–H groups in total. The van der Waals surface area contributed by atoms with Crippen LogP contribution in [0.2, 0.25) is 0 Å². The van der Waals surface area contributed by atoms with Crippen molar-refractivity contribution in [2.24, 2.45) is 5.92 Å². The van der Waals surface area contributed by atoms with Gasteiger partial charge in [-0.1, -0.05) is 6.92 Å². The fourth-order valence-corrected chi connectivity index (χ4v) is 2.10. The van der Waals surface area contributed by atoms with Crippen molar-refractivity contribution < 1.29 is 18.7 Å². The number of piperidine rings is 1. The van der Waals surface area contributed by atoms with E-state index in [-0.39, 0.29) is 11.6 Å². The fraction of sp³-hybridized carbons (Fsp3) is 0.462. The number of nitrogens with one attached hydrogen (secondary N) is 1. The Morgan fingerprint density at radius 2 is 2.21 bits per heavy atom. The third kappa shape index (κ3) is 3.20. The van der Waals surface area contributed by atoms with E-state index in [9.17, 15) is 18.7 Å². The second-order valence-electron chi connectivity index (χ2n) is 4.83. The number of aliphatic hydroxyl groups excluding tert-OH is 1. The van der Waals surface area contributed by atoms with Crippen LogP contribution in [0.1, 0.15) is 13.3 Å². The molecule has 6 heteroatoms. The largest absolute Gasteiger partial charge is 0.393 e. The molecule has 0 saturated carbocycles. The Morgan fingerprint density at radius 1 is 1.47 bits per heavy atom. The fourth-order valence-electron chi connectivity index (χ4n) is 2.10. The van der Waals surface area contributed by atoms with E-state index in [1.807, 2.05) is 6.92 Å². The third-order valence-electron chi connectivity index (χ3n) is 3.32. The van der Waals surface area contributed by atoms with Crippen molar-refractivity contribution in [3.8, 4) is 0 Å². The van der Waals surface area contributed by atoms with Crippen molar-refractivity contribution in [2.75, 3.05) is 18.4 Å². The molecule has 1 aromatic rings. The lowest BCUT2D eigenvalue weighted by Crippen LogP contribution is -2.46. The number of nitrogens with zero attached hydrogens (tertiary/aromatic N) is 1. The lowest BCUT2D eigenvalue weighted by Gasteiger charge is -2.34. The molecule has 2 rings (SSSR count). The first-order valence-corrected chi connectivity index (χ1v) is 6.16. The van der Waals surface area contributed by atoms with E-state index < -0.39 is 23.8 Å². The number of rotatable bonds is 1. The van der Waals surface area contributed by atoms with E-state index in [2.05, 4.69) is 5.32 Å². The van der Waals surface area contributed by atoms with Crippen LogP contribution in [-0.4, -0.2) is 35.2 Å². The third-order valence-corrected chi connectivity index (χ3v) is 3.32. The molecule has 0 bridgehead atoms. The minimum atomic E-state index is -0.807. The predicted octanol–water partition coefficient (Wildman–Crippen LogP) is 2.20. The number of anilines is 1. The standard InChI is InChI=1S/C13H16F2N2O2/c1-8-7-17(5-4-12(8)18)13(19)16-11-3-2-9(14)6-10(11)15/h2-3,6,8,12,18H,4-5,7H2,1H3,(H,16,19). The minimum Gasteiger partial charge on any atom is -0.393 e. The molecule has 1 saturated heterocycles. The molecule has 0 aliphatic carbocycles. The maximum absolute atomic E-state index is 13.4. The van der Waals surface area contributed by atoms with Gasteiger partial charge in [0.15, 0.2) is 0 Å². The van der Waals surface area contributed by atoms with Gasteiger partial charge >= 0.3 is 6.03 Å². The van der Waals surface area contributed by atoms with E-state index in [1.165, 1.54) is 11.0 Å². The zero-order valence-electron chi connectivity index (χ0n) is 10.6. The van der Waals surface area contributed by atoms with Gasteiger partial charge in [-0.05, 0) is 24.5 Å². The average molecular weight is 270 g/mol. The van der Waals surface area contributed by atoms with Crippen LogP contribution in [0.5, 0.6) is 0 Å². The Bertz CT molecular complexity index is 482. The molecule has 1 aromatic carbocycles. The lowest BCUT2D eigenvalue weighted by molar-refractivity contribution is 0.0506. The Morgan fingerprint density at radius 3 is 2.84 bits per heavy atom. The topological polar surface area (TPSA) is 52.6 Å². The number of carbonyl (C=O) groups excluding carboxylic acids is 1. The van der Waals surface area contributed by atoms with Crippen LogP contribution in [0, 0.1) is 17.6 Å². The zero-order valence-corrected chi connectivity index (χ0v) is 10.6. The molecule has 2 amide bonds. The molecule has 4 nitrogen and oxygen atoms in total. The number of urea groups is 1. The average Bonchev–Trinajstić information content (AvgIpc) is 2.36. The molecule has 0 radical (unpaired) electrons. The molecule has 2 unspecified atom stereocenters. The van der Waals surface area contributed by atoms with Crippen LogP contribution in [0.3, 0.4) is 0 Å². The molecule has 0 aromatic heterocycles. The van der Waals surface area contributed by atoms with Gasteiger partial charge in [-0.2, -0.15) is 0 Å². The number of carbonyl (C=O) groups is 1. The summed E-state index contributed by atoms with van der Waals surface area (Å²) in [5, 5.41) is 12.0. The first-order valence-electron chi connectivity index (χ1n) is 6.16. The normalized spacial score (nSPS) is 23.3. The highest BCUT2D eigenvalue weighted by atomic mass is 19.1. The Labute approximate surface area is 110 Å². The predicted molar refractivity (Wildman–Crippen MR) is 66.7 cm³/mol. The number of hydrogen-bond acceptors (Lipinski definition) is 2. The Balaban J connectivity index is 2.01. The van der Waals surface area contributed by atoms with E-state index >= 15 is 0 Å². The van der Waals surface area contributed by atoms with Gasteiger partial charge in [0.25, 0.3) is 0 Å². The first-order chi connectivity index (χ1) is 8.97. The zero-order chi connectivity index (χ0) is 14.0. The van der Waals surface area contributed by atoms with Gasteiger partial charge in [0.2, 0.25) is 0 Å². The summed E-state index contributed by atoms with van der Waals surface area (Å²) < 4.78 is 26.1. The van der Waals surface area contributed by atoms with Gasteiger partial charge < -0.3 is 15.3 Å². The highest BCUT2D eigenvalue weighted by molar-refractivity contribution is 5.89. The van der Waals surface area contributed by atoms with E-state index in [1.54, 1.807) is 0 Å². The molecule has 1 aliphatic rings. The summed E-state index contributed by atoms with van der Waals surface area (Å²) in [6.45, 7) is 2.68. The molecule has 19 heavy (non-hydrogen) atoms. The van der Waals surface area contributed by atoms with Gasteiger partial charge in [0, 0.05) is 19.2 Å². The monoisotopic (exact) mass is 270 g/mol. The van der Waals surface area contributed by atoms with Crippen LogP contribution in [0.4, 0.5) is 19.3 Å². The van der Waals surface area contributed by atoms with Crippen molar-refractivity contribution in [1.29, 1.82) is 0 Å². The number of benzene rings is 1. The first kappa shape index (κ1) is 13.7. The summed E-state index contributed by atoms with van der Waals surface area (Å²) in [5.41, 5.74) is -0.0508. The van der Waals surface area contributed by atoms with Crippen LogP contribution >= 0.6 is 0 Å². The van der Waals surface area contributed by atoms with Crippen molar-refractivity contribution in [1.82, 2.24) is 4.90 Å². The van der Waals surface area contributed by atoms with E-state index in [4.69, 9.17) is 0 Å². The Hall–Kier alpha value is -1.69. The highest BCUT2D eigenvalue weighted by Gasteiger charge is 2.27. The lowest BCUT2D eigenvalue weighted by atomic mass is 9.97. The second-order valence-corrected chi connectivity index (χ2v) is 4.83. The van der Waals surface area contributed by atoms with Crippen molar-refractivity contribution in [3.05, 3.63) is 29.8 Å². The maximum Gasteiger partial charge on any atom is 0.321 e. The van der Waals surface area contributed by atoms with Crippen LogP contribution < -0.4 is 5.32 Å². The van der Waals surface area contributed by atoms with Gasteiger partial charge in [-0.3, -0.25) is 0 Å². The van der Waals surface area contributed by atoms with Gasteiger partial charge in [0.1, 0.15) is 11.6 Å². The molecule has 104 valence electrons. The number of aliphatic hydroxyl groups is 1. The second kappa shape index (κ2) is 5.52. The van der Waals surface area contributed by atoms with Gasteiger partial charge in [0.05, 0.1) is 11.8 Å².